The lowest BCUT2D eigenvalue weighted by molar-refractivity contribution is 0.413. The van der Waals surface area contributed by atoms with Crippen LogP contribution in [0.25, 0.3) is 0 Å². The number of oxazole rings is 1. The van der Waals surface area contributed by atoms with Gasteiger partial charge in [-0.25, -0.2) is 4.98 Å². The zero-order chi connectivity index (χ0) is 12.4. The first-order valence-electron chi connectivity index (χ1n) is 8.08. The van der Waals surface area contributed by atoms with Crippen LogP contribution in [-0.4, -0.2) is 17.6 Å². The molecule has 4 fully saturated rings. The Bertz CT molecular complexity index is 477. The lowest BCUT2D eigenvalue weighted by Crippen LogP contribution is -2.19. The normalized spacial score (nSPS) is 42.6. The van der Waals surface area contributed by atoms with Crippen molar-refractivity contribution in [3.05, 3.63) is 17.8 Å². The monoisotopic (exact) mass is 258 g/mol. The van der Waals surface area contributed by atoms with Crippen LogP contribution >= 0.6 is 0 Å². The minimum atomic E-state index is 0.740. The summed E-state index contributed by atoms with van der Waals surface area (Å²) in [5.41, 5.74) is 0. The van der Waals surface area contributed by atoms with Gasteiger partial charge in [0.05, 0.1) is 6.20 Å². The molecule has 4 atom stereocenters. The highest BCUT2D eigenvalue weighted by Gasteiger charge is 2.66. The molecule has 0 saturated heterocycles. The second-order valence-corrected chi connectivity index (χ2v) is 7.15. The number of hydrogen-bond donors (Lipinski definition) is 1. The van der Waals surface area contributed by atoms with E-state index in [1.54, 1.807) is 0 Å². The van der Waals surface area contributed by atoms with Crippen molar-refractivity contribution in [2.45, 2.75) is 50.5 Å². The Morgan fingerprint density at radius 3 is 2.68 bits per heavy atom. The third-order valence-electron chi connectivity index (χ3n) is 5.98. The molecule has 4 unspecified atom stereocenters. The molecule has 0 amide bonds. The highest BCUT2D eigenvalue weighted by molar-refractivity contribution is 5.25. The summed E-state index contributed by atoms with van der Waals surface area (Å²) in [7, 11) is 0. The maximum atomic E-state index is 6.02. The predicted molar refractivity (Wildman–Crippen MR) is 71.8 cm³/mol. The Morgan fingerprint density at radius 1 is 1.16 bits per heavy atom. The van der Waals surface area contributed by atoms with Crippen LogP contribution in [0.4, 0.5) is 0 Å². The molecule has 1 heterocycles. The second kappa shape index (κ2) is 3.85. The van der Waals surface area contributed by atoms with Gasteiger partial charge in [-0.05, 0) is 55.8 Å². The molecule has 4 aliphatic rings. The standard InChI is InChI=1S/C16H22N2O/c1-2-10-7-9(1)14-15(10)16(14)12-8-18-13(19-12)5-6-17-11-3-4-11/h8-11,14-17H,1-7H2. The lowest BCUT2D eigenvalue weighted by atomic mass is 10.0. The summed E-state index contributed by atoms with van der Waals surface area (Å²) >= 11 is 0. The van der Waals surface area contributed by atoms with Gasteiger partial charge in [0, 0.05) is 24.9 Å². The summed E-state index contributed by atoms with van der Waals surface area (Å²) in [4.78, 5) is 4.49. The van der Waals surface area contributed by atoms with Gasteiger partial charge in [0.1, 0.15) is 5.76 Å². The Morgan fingerprint density at radius 2 is 1.95 bits per heavy atom. The number of fused-ring (bicyclic) bond motifs is 5. The molecule has 2 bridgehead atoms. The van der Waals surface area contributed by atoms with Crippen LogP contribution in [0.1, 0.15) is 49.7 Å². The Hall–Kier alpha value is -0.830. The van der Waals surface area contributed by atoms with Gasteiger partial charge in [-0.1, -0.05) is 0 Å². The van der Waals surface area contributed by atoms with Gasteiger partial charge in [-0.15, -0.1) is 0 Å². The number of nitrogens with zero attached hydrogens (tertiary/aromatic N) is 1. The SMILES string of the molecule is c1nc(CCNC2CC2)oc1C1C2C3CCC(C3)C12. The van der Waals surface area contributed by atoms with Gasteiger partial charge in [0.2, 0.25) is 0 Å². The summed E-state index contributed by atoms with van der Waals surface area (Å²) in [6.45, 7) is 1.02. The van der Waals surface area contributed by atoms with Crippen LogP contribution in [-0.2, 0) is 6.42 Å². The van der Waals surface area contributed by atoms with Gasteiger partial charge in [0.25, 0.3) is 0 Å². The fourth-order valence-electron chi connectivity index (χ4n) is 4.97. The molecule has 0 aromatic carbocycles. The first kappa shape index (κ1) is 10.9. The second-order valence-electron chi connectivity index (χ2n) is 7.15. The van der Waals surface area contributed by atoms with Crippen molar-refractivity contribution >= 4 is 0 Å². The molecule has 1 aromatic rings. The minimum Gasteiger partial charge on any atom is -0.445 e. The average molecular weight is 258 g/mol. The van der Waals surface area contributed by atoms with Crippen LogP contribution in [0.2, 0.25) is 0 Å². The average Bonchev–Trinajstić information content (AvgIpc) is 3.25. The van der Waals surface area contributed by atoms with E-state index in [1.165, 1.54) is 37.9 Å². The fourth-order valence-corrected chi connectivity index (χ4v) is 4.97. The number of rotatable bonds is 5. The molecular weight excluding hydrogens is 236 g/mol. The molecule has 3 nitrogen and oxygen atoms in total. The van der Waals surface area contributed by atoms with Gasteiger partial charge >= 0.3 is 0 Å². The number of nitrogens with one attached hydrogen (secondary N) is 1. The molecule has 0 radical (unpaired) electrons. The van der Waals surface area contributed by atoms with Gasteiger partial charge in [0.15, 0.2) is 5.89 Å². The molecule has 3 heteroatoms. The molecular formula is C16H22N2O. The van der Waals surface area contributed by atoms with Gasteiger partial charge < -0.3 is 9.73 Å². The summed E-state index contributed by atoms with van der Waals surface area (Å²) < 4.78 is 6.02. The van der Waals surface area contributed by atoms with Crippen molar-refractivity contribution in [3.63, 3.8) is 0 Å². The largest absolute Gasteiger partial charge is 0.445 e. The summed E-state index contributed by atoms with van der Waals surface area (Å²) in [6.07, 6.45) is 10.2. The molecule has 5 rings (SSSR count). The van der Waals surface area contributed by atoms with Crippen LogP contribution in [0, 0.1) is 23.7 Å². The zero-order valence-electron chi connectivity index (χ0n) is 11.3. The van der Waals surface area contributed by atoms with E-state index in [9.17, 15) is 0 Å². The van der Waals surface area contributed by atoms with Crippen molar-refractivity contribution in [1.82, 2.24) is 10.3 Å². The number of hydrogen-bond acceptors (Lipinski definition) is 3. The maximum Gasteiger partial charge on any atom is 0.195 e. The summed E-state index contributed by atoms with van der Waals surface area (Å²) in [5, 5.41) is 3.52. The van der Waals surface area contributed by atoms with Crippen molar-refractivity contribution < 1.29 is 4.42 Å². The molecule has 19 heavy (non-hydrogen) atoms. The van der Waals surface area contributed by atoms with Crippen molar-refractivity contribution in [2.24, 2.45) is 23.7 Å². The minimum absolute atomic E-state index is 0.740. The highest BCUT2D eigenvalue weighted by atomic mass is 16.4. The smallest absolute Gasteiger partial charge is 0.195 e. The van der Waals surface area contributed by atoms with Gasteiger partial charge in [-0.3, -0.25) is 0 Å². The maximum absolute atomic E-state index is 6.02. The van der Waals surface area contributed by atoms with E-state index in [0.717, 1.165) is 54.5 Å². The number of aromatic nitrogens is 1. The van der Waals surface area contributed by atoms with E-state index in [1.807, 2.05) is 6.20 Å². The van der Waals surface area contributed by atoms with Crippen LogP contribution in [0.15, 0.2) is 10.6 Å². The van der Waals surface area contributed by atoms with Crippen molar-refractivity contribution in [2.75, 3.05) is 6.54 Å². The van der Waals surface area contributed by atoms with Gasteiger partial charge in [-0.2, -0.15) is 0 Å². The van der Waals surface area contributed by atoms with E-state index < -0.39 is 0 Å². The zero-order valence-corrected chi connectivity index (χ0v) is 11.3. The van der Waals surface area contributed by atoms with Crippen molar-refractivity contribution in [1.29, 1.82) is 0 Å². The Balaban J connectivity index is 1.23. The lowest BCUT2D eigenvalue weighted by Gasteiger charge is -2.05. The van der Waals surface area contributed by atoms with E-state index in [0.29, 0.717) is 0 Å². The third-order valence-corrected chi connectivity index (χ3v) is 5.98. The molecule has 0 spiro atoms. The van der Waals surface area contributed by atoms with E-state index in [4.69, 9.17) is 4.42 Å². The third kappa shape index (κ3) is 1.70. The molecule has 4 saturated carbocycles. The molecule has 1 N–H and O–H groups in total. The van der Waals surface area contributed by atoms with E-state index in [2.05, 4.69) is 10.3 Å². The first-order chi connectivity index (χ1) is 9.40. The Labute approximate surface area is 114 Å². The predicted octanol–water partition coefficient (Wildman–Crippen LogP) is 2.73. The van der Waals surface area contributed by atoms with Crippen molar-refractivity contribution in [3.8, 4) is 0 Å². The van der Waals surface area contributed by atoms with Crippen LogP contribution < -0.4 is 5.32 Å². The Kier molecular flexibility index (Phi) is 2.21. The van der Waals surface area contributed by atoms with Crippen LogP contribution in [0.5, 0.6) is 0 Å². The molecule has 102 valence electrons. The van der Waals surface area contributed by atoms with Crippen LogP contribution in [0.3, 0.4) is 0 Å². The molecule has 0 aliphatic heterocycles. The summed E-state index contributed by atoms with van der Waals surface area (Å²) in [5.74, 6) is 6.85. The molecule has 4 aliphatic carbocycles. The fraction of sp³-hybridized carbons (Fsp3) is 0.812. The molecule has 1 aromatic heterocycles. The quantitative estimate of drug-likeness (QED) is 0.882. The topological polar surface area (TPSA) is 38.1 Å². The summed E-state index contributed by atoms with van der Waals surface area (Å²) in [6, 6.07) is 0.785. The first-order valence-corrected chi connectivity index (χ1v) is 8.08. The highest BCUT2D eigenvalue weighted by Crippen LogP contribution is 2.73. The van der Waals surface area contributed by atoms with E-state index >= 15 is 0 Å². The van der Waals surface area contributed by atoms with E-state index in [-0.39, 0.29) is 0 Å².